The Bertz CT molecular complexity index is 775. The van der Waals surface area contributed by atoms with Crippen LogP contribution in [0.25, 0.3) is 0 Å². The Morgan fingerprint density at radius 1 is 1.54 bits per heavy atom. The minimum Gasteiger partial charge on any atom is -0.444 e. The van der Waals surface area contributed by atoms with Gasteiger partial charge in [0.1, 0.15) is 23.2 Å². The number of alkyl halides is 2. The number of carbonyl (C=O) groups is 1. The fourth-order valence-corrected chi connectivity index (χ4v) is 2.20. The highest BCUT2D eigenvalue weighted by atomic mass is 19.3. The van der Waals surface area contributed by atoms with Crippen LogP contribution in [0.5, 0.6) is 0 Å². The van der Waals surface area contributed by atoms with Gasteiger partial charge in [-0.25, -0.2) is 4.98 Å². The van der Waals surface area contributed by atoms with Crippen molar-refractivity contribution in [1.82, 2.24) is 14.5 Å². The van der Waals surface area contributed by atoms with Gasteiger partial charge in [0, 0.05) is 18.0 Å². The SMILES string of the molecule is Cc1oc(NC(=O)CN(C)Cc2nccn2C(F)F)c(C#N)c1C. The highest BCUT2D eigenvalue weighted by Gasteiger charge is 2.18. The Balaban J connectivity index is 1.99. The number of rotatable bonds is 6. The summed E-state index contributed by atoms with van der Waals surface area (Å²) in [7, 11) is 1.61. The summed E-state index contributed by atoms with van der Waals surface area (Å²) < 4.78 is 31.6. The number of furan rings is 1. The molecule has 2 aromatic heterocycles. The van der Waals surface area contributed by atoms with Crippen LogP contribution >= 0.6 is 0 Å². The normalized spacial score (nSPS) is 11.1. The maximum Gasteiger partial charge on any atom is 0.319 e. The lowest BCUT2D eigenvalue weighted by Crippen LogP contribution is -2.31. The molecule has 0 atom stereocenters. The van der Waals surface area contributed by atoms with E-state index in [4.69, 9.17) is 9.68 Å². The van der Waals surface area contributed by atoms with Crippen molar-refractivity contribution in [1.29, 1.82) is 5.26 Å². The molecule has 7 nitrogen and oxygen atoms in total. The van der Waals surface area contributed by atoms with E-state index in [9.17, 15) is 13.6 Å². The van der Waals surface area contributed by atoms with Gasteiger partial charge < -0.3 is 4.42 Å². The number of imidazole rings is 1. The van der Waals surface area contributed by atoms with Crippen molar-refractivity contribution in [3.05, 3.63) is 35.1 Å². The van der Waals surface area contributed by atoms with Crippen molar-refractivity contribution in [2.24, 2.45) is 0 Å². The molecule has 0 unspecified atom stereocenters. The molecule has 1 amide bonds. The van der Waals surface area contributed by atoms with Crippen LogP contribution in [0.1, 0.15) is 29.3 Å². The van der Waals surface area contributed by atoms with Crippen LogP contribution in [0.15, 0.2) is 16.8 Å². The smallest absolute Gasteiger partial charge is 0.319 e. The third-order valence-electron chi connectivity index (χ3n) is 3.53. The highest BCUT2D eigenvalue weighted by Crippen LogP contribution is 2.25. The molecule has 0 aromatic carbocycles. The van der Waals surface area contributed by atoms with E-state index < -0.39 is 12.5 Å². The molecule has 0 aliphatic heterocycles. The summed E-state index contributed by atoms with van der Waals surface area (Å²) in [6, 6.07) is 1.98. The van der Waals surface area contributed by atoms with E-state index >= 15 is 0 Å². The predicted octanol–water partition coefficient (Wildman–Crippen LogP) is 2.43. The molecule has 0 saturated carbocycles. The number of hydrogen-bond acceptors (Lipinski definition) is 5. The lowest BCUT2D eigenvalue weighted by molar-refractivity contribution is -0.117. The van der Waals surface area contributed by atoms with Crippen LogP contribution in [-0.2, 0) is 11.3 Å². The van der Waals surface area contributed by atoms with Crippen LogP contribution in [0.4, 0.5) is 14.7 Å². The van der Waals surface area contributed by atoms with Crippen LogP contribution in [0, 0.1) is 25.2 Å². The quantitative estimate of drug-likeness (QED) is 0.875. The van der Waals surface area contributed by atoms with Gasteiger partial charge in [-0.05, 0) is 20.9 Å². The Labute approximate surface area is 137 Å². The molecule has 0 aliphatic carbocycles. The van der Waals surface area contributed by atoms with Crippen molar-refractivity contribution in [3.8, 4) is 6.07 Å². The lowest BCUT2D eigenvalue weighted by atomic mass is 10.2. The molecular formula is C15H17F2N5O2. The fourth-order valence-electron chi connectivity index (χ4n) is 2.20. The molecule has 0 spiro atoms. The van der Waals surface area contributed by atoms with E-state index in [-0.39, 0.29) is 30.4 Å². The first-order valence-corrected chi connectivity index (χ1v) is 7.11. The molecular weight excluding hydrogens is 320 g/mol. The molecule has 0 aliphatic rings. The van der Waals surface area contributed by atoms with Crippen LogP contribution in [-0.4, -0.2) is 34.0 Å². The van der Waals surface area contributed by atoms with Crippen molar-refractivity contribution in [3.63, 3.8) is 0 Å². The second kappa shape index (κ2) is 7.23. The van der Waals surface area contributed by atoms with Gasteiger partial charge in [-0.15, -0.1) is 0 Å². The molecule has 24 heavy (non-hydrogen) atoms. The Hall–Kier alpha value is -2.73. The van der Waals surface area contributed by atoms with Gasteiger partial charge in [0.2, 0.25) is 11.8 Å². The van der Waals surface area contributed by atoms with Gasteiger partial charge in [0.15, 0.2) is 0 Å². The van der Waals surface area contributed by atoms with E-state index in [1.54, 1.807) is 20.9 Å². The highest BCUT2D eigenvalue weighted by molar-refractivity contribution is 5.92. The van der Waals surface area contributed by atoms with Crippen molar-refractivity contribution < 1.29 is 18.0 Å². The van der Waals surface area contributed by atoms with Crippen LogP contribution < -0.4 is 5.32 Å². The number of anilines is 1. The van der Waals surface area contributed by atoms with E-state index in [0.717, 1.165) is 4.57 Å². The molecule has 0 radical (unpaired) electrons. The average molecular weight is 337 g/mol. The third-order valence-corrected chi connectivity index (χ3v) is 3.53. The zero-order chi connectivity index (χ0) is 17.9. The van der Waals surface area contributed by atoms with Gasteiger partial charge in [0.25, 0.3) is 0 Å². The van der Waals surface area contributed by atoms with E-state index in [1.807, 2.05) is 6.07 Å². The second-order valence-corrected chi connectivity index (χ2v) is 5.35. The zero-order valence-corrected chi connectivity index (χ0v) is 13.5. The number of nitrogens with zero attached hydrogens (tertiary/aromatic N) is 4. The number of aryl methyl sites for hydroxylation is 1. The topological polar surface area (TPSA) is 87.1 Å². The van der Waals surface area contributed by atoms with Gasteiger partial charge in [0.05, 0.1) is 13.1 Å². The van der Waals surface area contributed by atoms with E-state index in [0.29, 0.717) is 11.3 Å². The zero-order valence-electron chi connectivity index (χ0n) is 13.5. The van der Waals surface area contributed by atoms with Gasteiger partial charge >= 0.3 is 6.55 Å². The minimum atomic E-state index is -2.68. The fraction of sp³-hybridized carbons (Fsp3) is 0.400. The summed E-state index contributed by atoms with van der Waals surface area (Å²) in [6.07, 6.45) is 2.46. The summed E-state index contributed by atoms with van der Waals surface area (Å²) in [5, 5.41) is 11.6. The first-order chi connectivity index (χ1) is 11.3. The lowest BCUT2D eigenvalue weighted by Gasteiger charge is -2.16. The Kier molecular flexibility index (Phi) is 5.31. The van der Waals surface area contributed by atoms with E-state index in [1.165, 1.54) is 17.3 Å². The number of nitrogens with one attached hydrogen (secondary N) is 1. The molecule has 0 fully saturated rings. The number of likely N-dealkylation sites (N-methyl/N-ethyl adjacent to an activating group) is 1. The number of aromatic nitrogens is 2. The second-order valence-electron chi connectivity index (χ2n) is 5.35. The summed E-state index contributed by atoms with van der Waals surface area (Å²) in [6.45, 7) is 0.745. The summed E-state index contributed by atoms with van der Waals surface area (Å²) in [5.41, 5.74) is 0.942. The summed E-state index contributed by atoms with van der Waals surface area (Å²) in [5.74, 6) is 0.384. The standard InChI is InChI=1S/C15H17F2N5O2/c1-9-10(2)24-14(11(9)6-18)20-13(23)8-21(3)7-12-19-4-5-22(12)15(16)17/h4-5,15H,7-8H2,1-3H3,(H,20,23). The first-order valence-electron chi connectivity index (χ1n) is 7.11. The first kappa shape index (κ1) is 17.6. The maximum absolute atomic E-state index is 12.8. The molecule has 2 rings (SSSR count). The predicted molar refractivity (Wildman–Crippen MR) is 81.3 cm³/mol. The molecule has 0 saturated heterocycles. The molecule has 2 aromatic rings. The Morgan fingerprint density at radius 3 is 2.88 bits per heavy atom. The monoisotopic (exact) mass is 337 g/mol. The van der Waals surface area contributed by atoms with Crippen LogP contribution in [0.2, 0.25) is 0 Å². The molecule has 2 heterocycles. The third kappa shape index (κ3) is 3.78. The molecule has 128 valence electrons. The van der Waals surface area contributed by atoms with Gasteiger partial charge in [-0.3, -0.25) is 19.6 Å². The molecule has 0 bridgehead atoms. The largest absolute Gasteiger partial charge is 0.444 e. The number of amides is 1. The summed E-state index contributed by atoms with van der Waals surface area (Å²) in [4.78, 5) is 17.5. The van der Waals surface area contributed by atoms with Crippen molar-refractivity contribution in [2.75, 3.05) is 18.9 Å². The number of halogens is 2. The number of carbonyl (C=O) groups excluding carboxylic acids is 1. The van der Waals surface area contributed by atoms with Crippen molar-refractivity contribution >= 4 is 11.8 Å². The van der Waals surface area contributed by atoms with Crippen molar-refractivity contribution in [2.45, 2.75) is 26.9 Å². The maximum atomic E-state index is 12.8. The van der Waals surface area contributed by atoms with Gasteiger partial charge in [-0.2, -0.15) is 14.0 Å². The number of nitriles is 1. The Morgan fingerprint density at radius 2 is 2.25 bits per heavy atom. The van der Waals surface area contributed by atoms with E-state index in [2.05, 4.69) is 10.3 Å². The average Bonchev–Trinajstić information content (AvgIpc) is 3.04. The number of hydrogen-bond donors (Lipinski definition) is 1. The summed E-state index contributed by atoms with van der Waals surface area (Å²) >= 11 is 0. The van der Waals surface area contributed by atoms with Gasteiger partial charge in [-0.1, -0.05) is 0 Å². The molecule has 1 N–H and O–H groups in total. The minimum absolute atomic E-state index is 0.0697. The van der Waals surface area contributed by atoms with Crippen LogP contribution in [0.3, 0.4) is 0 Å². The molecule has 9 heteroatoms.